The van der Waals surface area contributed by atoms with Crippen LogP contribution in [0.5, 0.6) is 5.75 Å². The van der Waals surface area contributed by atoms with Crippen molar-refractivity contribution in [1.29, 1.82) is 0 Å². The number of carbonyl (C=O) groups excluding carboxylic acids is 2. The molecule has 130 valence electrons. The van der Waals surface area contributed by atoms with Crippen molar-refractivity contribution in [3.63, 3.8) is 0 Å². The Morgan fingerprint density at radius 2 is 2.04 bits per heavy atom. The number of amides is 2. The molecule has 0 unspecified atom stereocenters. The average molecular weight is 338 g/mol. The minimum Gasteiger partial charge on any atom is -0.497 e. The number of likely N-dealkylation sites (N-methyl/N-ethyl adjacent to an activating group) is 1. The number of fused-ring (bicyclic) bond motifs is 1. The van der Waals surface area contributed by atoms with Gasteiger partial charge in [0.25, 0.3) is 0 Å². The van der Waals surface area contributed by atoms with E-state index in [0.29, 0.717) is 19.4 Å². The fraction of sp³-hybridized carbons (Fsp3) is 0.300. The molecule has 2 aromatic rings. The number of carbonyl (C=O) groups is 2. The summed E-state index contributed by atoms with van der Waals surface area (Å²) in [7, 11) is 3.41. The zero-order valence-electron chi connectivity index (χ0n) is 14.5. The van der Waals surface area contributed by atoms with Crippen LogP contribution < -0.4 is 15.0 Å². The van der Waals surface area contributed by atoms with E-state index in [1.165, 1.54) is 0 Å². The van der Waals surface area contributed by atoms with Crippen LogP contribution in [0.25, 0.3) is 0 Å². The highest BCUT2D eigenvalue weighted by Gasteiger charge is 2.23. The summed E-state index contributed by atoms with van der Waals surface area (Å²) in [5, 5.41) is 2.95. The van der Waals surface area contributed by atoms with Gasteiger partial charge in [-0.2, -0.15) is 0 Å². The van der Waals surface area contributed by atoms with E-state index in [9.17, 15) is 9.59 Å². The maximum Gasteiger partial charge on any atom is 0.231 e. The van der Waals surface area contributed by atoms with Crippen LogP contribution in [0.4, 0.5) is 5.69 Å². The molecule has 0 bridgehead atoms. The maximum atomic E-state index is 12.1. The molecule has 3 rings (SSSR count). The van der Waals surface area contributed by atoms with Crippen molar-refractivity contribution in [2.45, 2.75) is 19.3 Å². The van der Waals surface area contributed by atoms with Crippen molar-refractivity contribution < 1.29 is 14.3 Å². The summed E-state index contributed by atoms with van der Waals surface area (Å²) < 4.78 is 5.17. The van der Waals surface area contributed by atoms with E-state index in [2.05, 4.69) is 11.4 Å². The monoisotopic (exact) mass is 338 g/mol. The van der Waals surface area contributed by atoms with Crippen molar-refractivity contribution in [2.75, 3.05) is 25.6 Å². The van der Waals surface area contributed by atoms with E-state index in [-0.39, 0.29) is 11.8 Å². The Morgan fingerprint density at radius 3 is 2.84 bits per heavy atom. The summed E-state index contributed by atoms with van der Waals surface area (Å²) in [6, 6.07) is 13.6. The van der Waals surface area contributed by atoms with E-state index in [1.807, 2.05) is 36.4 Å². The first kappa shape index (κ1) is 17.0. The largest absolute Gasteiger partial charge is 0.497 e. The fourth-order valence-electron chi connectivity index (χ4n) is 3.06. The number of nitrogens with one attached hydrogen (secondary N) is 1. The molecule has 5 heteroatoms. The highest BCUT2D eigenvalue weighted by molar-refractivity contribution is 6.00. The molecule has 1 aliphatic rings. The predicted molar refractivity (Wildman–Crippen MR) is 97.0 cm³/mol. The van der Waals surface area contributed by atoms with Gasteiger partial charge in [-0.3, -0.25) is 9.59 Å². The second-order valence-electron chi connectivity index (χ2n) is 6.22. The van der Waals surface area contributed by atoms with Crippen molar-refractivity contribution >= 4 is 17.5 Å². The molecule has 0 aliphatic carbocycles. The third kappa shape index (κ3) is 3.99. The van der Waals surface area contributed by atoms with E-state index < -0.39 is 0 Å². The van der Waals surface area contributed by atoms with E-state index in [1.54, 1.807) is 19.1 Å². The van der Waals surface area contributed by atoms with Crippen molar-refractivity contribution in [2.24, 2.45) is 0 Å². The first-order valence-corrected chi connectivity index (χ1v) is 8.35. The van der Waals surface area contributed by atoms with Crippen LogP contribution in [0.15, 0.2) is 42.5 Å². The summed E-state index contributed by atoms with van der Waals surface area (Å²) in [6.45, 7) is 0.575. The van der Waals surface area contributed by atoms with Gasteiger partial charge in [-0.05, 0) is 41.3 Å². The van der Waals surface area contributed by atoms with E-state index in [4.69, 9.17) is 4.74 Å². The van der Waals surface area contributed by atoms with Gasteiger partial charge >= 0.3 is 0 Å². The van der Waals surface area contributed by atoms with Crippen molar-refractivity contribution in [3.05, 3.63) is 59.2 Å². The topological polar surface area (TPSA) is 58.6 Å². The fourth-order valence-corrected chi connectivity index (χ4v) is 3.06. The summed E-state index contributed by atoms with van der Waals surface area (Å²) in [5.74, 6) is 0.867. The van der Waals surface area contributed by atoms with Gasteiger partial charge in [-0.15, -0.1) is 0 Å². The number of hydrogen-bond donors (Lipinski definition) is 1. The van der Waals surface area contributed by atoms with Crippen LogP contribution in [-0.4, -0.2) is 32.5 Å². The second-order valence-corrected chi connectivity index (χ2v) is 6.22. The van der Waals surface area contributed by atoms with Crippen LogP contribution >= 0.6 is 0 Å². The van der Waals surface area contributed by atoms with Crippen molar-refractivity contribution in [3.8, 4) is 5.75 Å². The van der Waals surface area contributed by atoms with Crippen molar-refractivity contribution in [1.82, 2.24) is 5.32 Å². The maximum absolute atomic E-state index is 12.1. The molecule has 0 fully saturated rings. The predicted octanol–water partition coefficient (Wildman–Crippen LogP) is 2.12. The van der Waals surface area contributed by atoms with Crippen LogP contribution in [0.1, 0.15) is 16.7 Å². The van der Waals surface area contributed by atoms with Crippen LogP contribution in [-0.2, 0) is 28.9 Å². The Labute approximate surface area is 147 Å². The highest BCUT2D eigenvalue weighted by Crippen LogP contribution is 2.28. The molecule has 5 nitrogen and oxygen atoms in total. The third-order valence-corrected chi connectivity index (χ3v) is 4.46. The normalized spacial score (nSPS) is 12.9. The minimum absolute atomic E-state index is 0.00989. The molecule has 0 atom stereocenters. The SMILES string of the molecule is COc1cccc(CC(=O)NCCc2ccc3c(c2)CC(=O)N3C)c1. The van der Waals surface area contributed by atoms with Gasteiger partial charge in [0.05, 0.1) is 20.0 Å². The number of nitrogens with zero attached hydrogens (tertiary/aromatic N) is 1. The standard InChI is InChI=1S/C20H22N2O3/c1-22-18-7-6-14(10-16(18)13-20(22)24)8-9-21-19(23)12-15-4-3-5-17(11-15)25-2/h3-7,10-11H,8-9,12-13H2,1-2H3,(H,21,23). The Bertz CT molecular complexity index is 801. The molecule has 1 aliphatic heterocycles. The Kier molecular flexibility index (Phi) is 5.03. The van der Waals surface area contributed by atoms with Gasteiger partial charge < -0.3 is 15.0 Å². The first-order valence-electron chi connectivity index (χ1n) is 8.35. The van der Waals surface area contributed by atoms with Crippen LogP contribution in [0.3, 0.4) is 0 Å². The first-order chi connectivity index (χ1) is 12.1. The van der Waals surface area contributed by atoms with Gasteiger partial charge in [0.2, 0.25) is 11.8 Å². The number of benzene rings is 2. The third-order valence-electron chi connectivity index (χ3n) is 4.46. The quantitative estimate of drug-likeness (QED) is 0.878. The number of rotatable bonds is 6. The molecule has 1 heterocycles. The number of anilines is 1. The lowest BCUT2D eigenvalue weighted by atomic mass is 10.1. The molecule has 0 spiro atoms. The average Bonchev–Trinajstić information content (AvgIpc) is 2.89. The Hall–Kier alpha value is -2.82. The molecule has 25 heavy (non-hydrogen) atoms. The summed E-state index contributed by atoms with van der Waals surface area (Å²) in [4.78, 5) is 25.5. The molecular formula is C20H22N2O3. The molecule has 0 saturated carbocycles. The molecule has 0 radical (unpaired) electrons. The zero-order chi connectivity index (χ0) is 17.8. The molecule has 2 aromatic carbocycles. The molecule has 1 N–H and O–H groups in total. The minimum atomic E-state index is -0.00989. The summed E-state index contributed by atoms with van der Waals surface area (Å²) >= 11 is 0. The number of methoxy groups -OCH3 is 1. The lowest BCUT2D eigenvalue weighted by Crippen LogP contribution is -2.27. The van der Waals surface area contributed by atoms with Gasteiger partial charge in [0.15, 0.2) is 0 Å². The molecule has 0 saturated heterocycles. The van der Waals surface area contributed by atoms with Gasteiger partial charge in [-0.25, -0.2) is 0 Å². The summed E-state index contributed by atoms with van der Waals surface area (Å²) in [6.07, 6.45) is 1.54. The van der Waals surface area contributed by atoms with Crippen LogP contribution in [0.2, 0.25) is 0 Å². The molecule has 0 aromatic heterocycles. The molecule has 2 amide bonds. The smallest absolute Gasteiger partial charge is 0.231 e. The van der Waals surface area contributed by atoms with Gasteiger partial charge in [0, 0.05) is 19.3 Å². The van der Waals surface area contributed by atoms with E-state index in [0.717, 1.165) is 34.5 Å². The molecular weight excluding hydrogens is 316 g/mol. The lowest BCUT2D eigenvalue weighted by Gasteiger charge is -2.11. The lowest BCUT2D eigenvalue weighted by molar-refractivity contribution is -0.120. The van der Waals surface area contributed by atoms with E-state index >= 15 is 0 Å². The van der Waals surface area contributed by atoms with Gasteiger partial charge in [0.1, 0.15) is 5.75 Å². The number of hydrogen-bond acceptors (Lipinski definition) is 3. The van der Waals surface area contributed by atoms with Crippen LogP contribution in [0, 0.1) is 0 Å². The number of ether oxygens (including phenoxy) is 1. The van der Waals surface area contributed by atoms with Gasteiger partial charge in [-0.1, -0.05) is 24.3 Å². The second kappa shape index (κ2) is 7.38. The zero-order valence-corrected chi connectivity index (χ0v) is 14.5. The Balaban J connectivity index is 1.50. The Morgan fingerprint density at radius 1 is 1.20 bits per heavy atom. The summed E-state index contributed by atoms with van der Waals surface area (Å²) in [5.41, 5.74) is 4.10. The highest BCUT2D eigenvalue weighted by atomic mass is 16.5.